The van der Waals surface area contributed by atoms with Crippen LogP contribution in [0.5, 0.6) is 0 Å². The van der Waals surface area contributed by atoms with Gasteiger partial charge in [-0.2, -0.15) is 0 Å². The normalized spacial score (nSPS) is 19.6. The number of aromatic amines is 1. The minimum atomic E-state index is -4.78. The van der Waals surface area contributed by atoms with Gasteiger partial charge >= 0.3 is 19.0 Å². The van der Waals surface area contributed by atoms with Crippen LogP contribution in [-0.4, -0.2) is 45.5 Å². The number of aryl methyl sites for hydroxylation is 1. The zero-order valence-electron chi connectivity index (χ0n) is 25.8. The molecule has 1 aromatic heterocycles. The van der Waals surface area contributed by atoms with E-state index in [4.69, 9.17) is 19.5 Å². The zero-order valence-corrected chi connectivity index (χ0v) is 26.7. The Morgan fingerprint density at radius 3 is 2.12 bits per heavy atom. The second-order valence-corrected chi connectivity index (χ2v) is 13.0. The lowest BCUT2D eigenvalue weighted by atomic mass is 10.0. The summed E-state index contributed by atoms with van der Waals surface area (Å²) >= 11 is 0. The van der Waals surface area contributed by atoms with Gasteiger partial charge < -0.3 is 14.4 Å². The molecule has 2 unspecified atom stereocenters. The van der Waals surface area contributed by atoms with Crippen molar-refractivity contribution in [3.8, 4) is 0 Å². The zero-order chi connectivity index (χ0) is 31.5. The van der Waals surface area contributed by atoms with Crippen LogP contribution in [0.15, 0.2) is 20.9 Å². The lowest BCUT2D eigenvalue weighted by Crippen LogP contribution is -2.33. The molecule has 43 heavy (non-hydrogen) atoms. The number of carbonyl (C=O) groups is 1. The Hall–Kier alpha value is -2.43. The van der Waals surface area contributed by atoms with Crippen LogP contribution < -0.4 is 11.2 Å². The first-order valence-electron chi connectivity index (χ1n) is 15.9. The maximum Gasteiger partial charge on any atom is 0.435 e. The van der Waals surface area contributed by atoms with E-state index in [9.17, 15) is 23.8 Å². The van der Waals surface area contributed by atoms with Gasteiger partial charge in [-0.3, -0.25) is 18.9 Å². The highest BCUT2D eigenvalue weighted by molar-refractivity contribution is 7.70. The summed E-state index contributed by atoms with van der Waals surface area (Å²) in [7, 11) is -4.78. The van der Waals surface area contributed by atoms with Gasteiger partial charge in [-0.15, -0.1) is 0 Å². The van der Waals surface area contributed by atoms with Gasteiger partial charge in [-0.05, 0) is 18.9 Å². The molecule has 14 heteroatoms. The predicted molar refractivity (Wildman–Crippen MR) is 164 cm³/mol. The first-order valence-corrected chi connectivity index (χ1v) is 17.4. The molecule has 244 valence electrons. The van der Waals surface area contributed by atoms with E-state index in [1.165, 1.54) is 90.2 Å². The fourth-order valence-electron chi connectivity index (χ4n) is 5.14. The molecule has 2 heterocycles. The van der Waals surface area contributed by atoms with Crippen LogP contribution in [0.2, 0.25) is 0 Å². The summed E-state index contributed by atoms with van der Waals surface area (Å²) in [6.45, 7) is 3.24. The smallest absolute Gasteiger partial charge is 0.435 e. The molecule has 0 radical (unpaired) electrons. The highest BCUT2D eigenvalue weighted by Gasteiger charge is 2.40. The summed E-state index contributed by atoms with van der Waals surface area (Å²) in [6.07, 6.45) is 18.9. The van der Waals surface area contributed by atoms with Gasteiger partial charge in [-0.1, -0.05) is 108 Å². The van der Waals surface area contributed by atoms with Crippen molar-refractivity contribution in [1.29, 1.82) is 0 Å². The third kappa shape index (κ3) is 13.8. The number of nitrogens with zero attached hydrogens (tertiary/aromatic N) is 4. The molecule has 1 saturated heterocycles. The number of hydrogen-bond donors (Lipinski definition) is 2. The van der Waals surface area contributed by atoms with Crippen molar-refractivity contribution in [3.05, 3.63) is 43.0 Å². The average Bonchev–Trinajstić information content (AvgIpc) is 3.38. The van der Waals surface area contributed by atoms with Gasteiger partial charge in [0, 0.05) is 23.1 Å². The molecule has 2 rings (SSSR count). The van der Waals surface area contributed by atoms with Gasteiger partial charge in [-0.25, -0.2) is 14.2 Å². The maximum absolute atomic E-state index is 12.4. The number of nitrogens with one attached hydrogen (secondary N) is 1. The van der Waals surface area contributed by atoms with Crippen LogP contribution in [0.25, 0.3) is 10.4 Å². The highest BCUT2D eigenvalue weighted by atomic mass is 31.2. The second-order valence-electron chi connectivity index (χ2n) is 11.3. The largest absolute Gasteiger partial charge is 0.457 e. The number of ether oxygens (including phenoxy) is 2. The Morgan fingerprint density at radius 2 is 1.58 bits per heavy atom. The first-order chi connectivity index (χ1) is 20.7. The molecule has 0 saturated carbocycles. The van der Waals surface area contributed by atoms with E-state index in [2.05, 4.69) is 21.9 Å². The van der Waals surface area contributed by atoms with E-state index in [-0.39, 0.29) is 18.6 Å². The minimum absolute atomic E-state index is 0.0169. The van der Waals surface area contributed by atoms with Crippen molar-refractivity contribution < 1.29 is 28.3 Å². The molecular formula is C29H50N5O8P. The van der Waals surface area contributed by atoms with Crippen molar-refractivity contribution in [2.45, 2.75) is 141 Å². The lowest BCUT2D eigenvalue weighted by Gasteiger charge is -2.18. The number of azide groups is 1. The van der Waals surface area contributed by atoms with E-state index >= 15 is 0 Å². The van der Waals surface area contributed by atoms with Gasteiger partial charge in [0.25, 0.3) is 5.56 Å². The van der Waals surface area contributed by atoms with Crippen molar-refractivity contribution in [1.82, 2.24) is 9.55 Å². The molecule has 1 aliphatic heterocycles. The molecule has 0 amide bonds. The van der Waals surface area contributed by atoms with Gasteiger partial charge in [0.1, 0.15) is 6.23 Å². The fourth-order valence-corrected chi connectivity index (χ4v) is 5.85. The monoisotopic (exact) mass is 627 g/mol. The molecule has 2 N–H and O–H groups in total. The summed E-state index contributed by atoms with van der Waals surface area (Å²) < 4.78 is 29.2. The third-order valence-corrected chi connectivity index (χ3v) is 8.82. The molecule has 13 nitrogen and oxygen atoms in total. The van der Waals surface area contributed by atoms with Crippen molar-refractivity contribution in [3.63, 3.8) is 0 Å². The van der Waals surface area contributed by atoms with Gasteiger partial charge in [0.05, 0.1) is 25.4 Å². The summed E-state index contributed by atoms with van der Waals surface area (Å²) in [6, 6.07) is -0.838. The standard InChI is InChI=1S/C29H50N5O8P/c1-3-4-5-6-7-8-9-10-11-12-13-14-15-16-17-18-19-40-29(37)43(38,39)41-22-25-24(32-33-30)20-26(42-25)34-21-23(2)27(35)31-28(34)36/h21,24-26H,3-20,22H2,1-2H3,(H,38,39)(H,31,35,36)/t24?,25-,26-/m1/s1. The number of unbranched alkanes of at least 4 members (excludes halogenated alkanes) is 15. The van der Waals surface area contributed by atoms with Crippen LogP contribution in [0, 0.1) is 6.92 Å². The molecule has 1 aromatic rings. The van der Waals surface area contributed by atoms with Crippen LogP contribution in [0.3, 0.4) is 0 Å². The van der Waals surface area contributed by atoms with Crippen molar-refractivity contribution in [2.24, 2.45) is 5.11 Å². The van der Waals surface area contributed by atoms with Crippen molar-refractivity contribution in [2.75, 3.05) is 13.2 Å². The second kappa shape index (κ2) is 20.5. The number of H-pyrrole nitrogens is 1. The van der Waals surface area contributed by atoms with Crippen LogP contribution >= 0.6 is 7.60 Å². The van der Waals surface area contributed by atoms with E-state index in [0.717, 1.165) is 23.8 Å². The number of hydrogen-bond acceptors (Lipinski definition) is 8. The van der Waals surface area contributed by atoms with E-state index in [0.29, 0.717) is 6.42 Å². The average molecular weight is 628 g/mol. The maximum atomic E-state index is 12.4. The first kappa shape index (κ1) is 36.8. The molecule has 0 bridgehead atoms. The van der Waals surface area contributed by atoms with Gasteiger partial charge in [0.15, 0.2) is 0 Å². The summed E-state index contributed by atoms with van der Waals surface area (Å²) in [5.74, 6) is 0. The molecular weight excluding hydrogens is 577 g/mol. The Balaban J connectivity index is 1.58. The lowest BCUT2D eigenvalue weighted by molar-refractivity contribution is -0.0239. The predicted octanol–water partition coefficient (Wildman–Crippen LogP) is 7.41. The third-order valence-electron chi connectivity index (χ3n) is 7.73. The Labute approximate surface area is 253 Å². The SMILES string of the molecule is CCCCCCCCCCCCCCCCCCOC(=O)P(=O)(O)OC[C@H]1O[C@@H](n2cc(C)c(=O)[nH]c2=O)CC1N=[N+]=[N-]. The molecule has 4 atom stereocenters. The molecule has 1 aliphatic rings. The van der Waals surface area contributed by atoms with Crippen molar-refractivity contribution >= 4 is 13.3 Å². The number of carbonyl (C=O) groups excluding carboxylic acids is 1. The number of rotatable bonds is 23. The molecule has 0 aromatic carbocycles. The van der Waals surface area contributed by atoms with E-state index in [1.807, 2.05) is 0 Å². The quantitative estimate of drug-likeness (QED) is 0.0412. The molecule has 1 fully saturated rings. The number of aromatic nitrogens is 2. The Bertz CT molecular complexity index is 1180. The Morgan fingerprint density at radius 1 is 1.05 bits per heavy atom. The summed E-state index contributed by atoms with van der Waals surface area (Å²) in [4.78, 5) is 51.0. The van der Waals surface area contributed by atoms with Crippen LogP contribution in [0.1, 0.15) is 128 Å². The van der Waals surface area contributed by atoms with E-state index in [1.54, 1.807) is 0 Å². The summed E-state index contributed by atoms with van der Waals surface area (Å²) in [5, 5.41) is 3.62. The fraction of sp³-hybridized carbons (Fsp3) is 0.828. The van der Waals surface area contributed by atoms with E-state index < -0.39 is 49.5 Å². The van der Waals surface area contributed by atoms with Gasteiger partial charge in [0.2, 0.25) is 0 Å². The Kier molecular flexibility index (Phi) is 17.5. The molecule has 0 spiro atoms. The highest BCUT2D eigenvalue weighted by Crippen LogP contribution is 2.45. The summed E-state index contributed by atoms with van der Waals surface area (Å²) in [5.41, 5.74) is 6.56. The van der Waals surface area contributed by atoms with Crippen LogP contribution in [-0.2, 0) is 18.6 Å². The minimum Gasteiger partial charge on any atom is -0.457 e. The van der Waals surface area contributed by atoms with Crippen LogP contribution in [0.4, 0.5) is 4.79 Å². The molecule has 0 aliphatic carbocycles. The topological polar surface area (TPSA) is 186 Å².